The van der Waals surface area contributed by atoms with E-state index < -0.39 is 6.43 Å². The van der Waals surface area contributed by atoms with Crippen molar-refractivity contribution < 1.29 is 13.5 Å². The van der Waals surface area contributed by atoms with Crippen LogP contribution in [0.25, 0.3) is 0 Å². The number of nitrogens with one attached hydrogen (secondary N) is 2. The van der Waals surface area contributed by atoms with Crippen LogP contribution in [0, 0.1) is 0 Å². The molecule has 0 amide bonds. The first-order chi connectivity index (χ1) is 12.0. The summed E-state index contributed by atoms with van der Waals surface area (Å²) in [5.74, 6) is 1.40. The minimum Gasteiger partial charge on any atom is -0.496 e. The van der Waals surface area contributed by atoms with E-state index in [0.29, 0.717) is 30.6 Å². The molecule has 5 nitrogen and oxygen atoms in total. The van der Waals surface area contributed by atoms with E-state index in [-0.39, 0.29) is 12.6 Å². The van der Waals surface area contributed by atoms with E-state index in [1.54, 1.807) is 25.1 Å². The lowest BCUT2D eigenvalue weighted by Gasteiger charge is -2.32. The summed E-state index contributed by atoms with van der Waals surface area (Å²) in [5.41, 5.74) is 0.974. The number of nitrogens with zero attached hydrogens (tertiary/aromatic N) is 2. The molecule has 0 aliphatic carbocycles. The molecule has 1 saturated heterocycles. The Morgan fingerprint density at radius 1 is 1.40 bits per heavy atom. The Hall–Kier alpha value is -1.60. The smallest absolute Gasteiger partial charge is 0.251 e. The molecule has 2 N–H and O–H groups in total. The molecular weight excluding hydrogens is 350 g/mol. The Bertz CT molecular complexity index is 578. The van der Waals surface area contributed by atoms with Crippen molar-refractivity contribution in [3.05, 3.63) is 28.8 Å². The first-order valence-corrected chi connectivity index (χ1v) is 8.69. The van der Waals surface area contributed by atoms with Crippen molar-refractivity contribution in [3.63, 3.8) is 0 Å². The molecule has 140 valence electrons. The van der Waals surface area contributed by atoms with Gasteiger partial charge in [-0.15, -0.1) is 0 Å². The second kappa shape index (κ2) is 9.77. The molecule has 0 aromatic heterocycles. The number of methoxy groups -OCH3 is 1. The quantitative estimate of drug-likeness (QED) is 0.594. The van der Waals surface area contributed by atoms with E-state index in [0.717, 1.165) is 24.2 Å². The molecule has 0 spiro atoms. The van der Waals surface area contributed by atoms with Crippen LogP contribution in [0.1, 0.15) is 18.4 Å². The van der Waals surface area contributed by atoms with Gasteiger partial charge in [0.05, 0.1) is 13.7 Å². The van der Waals surface area contributed by atoms with Gasteiger partial charge in [-0.25, -0.2) is 8.78 Å². The highest BCUT2D eigenvalue weighted by Crippen LogP contribution is 2.22. The van der Waals surface area contributed by atoms with Crippen molar-refractivity contribution in [3.8, 4) is 5.75 Å². The minimum absolute atomic E-state index is 0.143. The van der Waals surface area contributed by atoms with Crippen LogP contribution < -0.4 is 15.4 Å². The molecule has 1 aliphatic heterocycles. The molecular formula is C17H25ClF2N4O. The topological polar surface area (TPSA) is 48.9 Å². The van der Waals surface area contributed by atoms with Gasteiger partial charge >= 0.3 is 0 Å². The number of rotatable bonds is 6. The van der Waals surface area contributed by atoms with Gasteiger partial charge in [-0.2, -0.15) is 0 Å². The fourth-order valence-corrected chi connectivity index (χ4v) is 3.05. The maximum absolute atomic E-state index is 12.4. The summed E-state index contributed by atoms with van der Waals surface area (Å²) < 4.78 is 30.2. The van der Waals surface area contributed by atoms with Gasteiger partial charge in [0, 0.05) is 43.3 Å². The molecule has 2 rings (SSSR count). The van der Waals surface area contributed by atoms with E-state index in [4.69, 9.17) is 16.3 Å². The fourth-order valence-electron chi connectivity index (χ4n) is 2.89. The summed E-state index contributed by atoms with van der Waals surface area (Å²) in [5, 5.41) is 7.23. The lowest BCUT2D eigenvalue weighted by Crippen LogP contribution is -2.49. The Balaban J connectivity index is 1.82. The summed E-state index contributed by atoms with van der Waals surface area (Å²) in [6.07, 6.45) is -0.636. The van der Waals surface area contributed by atoms with Crippen LogP contribution in [0.15, 0.2) is 23.2 Å². The van der Waals surface area contributed by atoms with Gasteiger partial charge in [-0.1, -0.05) is 17.7 Å². The lowest BCUT2D eigenvalue weighted by molar-refractivity contribution is 0.0744. The SMILES string of the molecule is CN=C(NCc1ccc(Cl)cc1OC)NC1CCN(CC(F)F)CC1. The van der Waals surface area contributed by atoms with E-state index in [9.17, 15) is 8.78 Å². The molecule has 1 aliphatic rings. The molecule has 0 radical (unpaired) electrons. The number of ether oxygens (including phenoxy) is 1. The molecule has 25 heavy (non-hydrogen) atoms. The van der Waals surface area contributed by atoms with E-state index >= 15 is 0 Å². The van der Waals surface area contributed by atoms with Gasteiger partial charge < -0.3 is 15.4 Å². The van der Waals surface area contributed by atoms with Gasteiger partial charge in [0.1, 0.15) is 5.75 Å². The number of piperidine rings is 1. The van der Waals surface area contributed by atoms with Crippen molar-refractivity contribution in [2.75, 3.05) is 33.8 Å². The molecule has 0 unspecified atom stereocenters. The summed E-state index contributed by atoms with van der Waals surface area (Å²) >= 11 is 5.97. The largest absolute Gasteiger partial charge is 0.496 e. The predicted molar refractivity (Wildman–Crippen MR) is 96.8 cm³/mol. The van der Waals surface area contributed by atoms with Crippen LogP contribution in [-0.4, -0.2) is 57.1 Å². The molecule has 0 atom stereocenters. The molecule has 0 saturated carbocycles. The average Bonchev–Trinajstić information content (AvgIpc) is 2.60. The zero-order valence-electron chi connectivity index (χ0n) is 14.6. The molecule has 1 aromatic rings. The standard InChI is InChI=1S/C17H25ClF2N4O/c1-21-17(22-10-12-3-4-13(18)9-15(12)25-2)23-14-5-7-24(8-6-14)11-16(19)20/h3-4,9,14,16H,5-8,10-11H2,1-2H3,(H2,21,22,23). The van der Waals surface area contributed by atoms with Gasteiger partial charge in [0.25, 0.3) is 6.43 Å². The number of hydrogen-bond donors (Lipinski definition) is 2. The first kappa shape index (κ1) is 19.7. The first-order valence-electron chi connectivity index (χ1n) is 8.32. The maximum atomic E-state index is 12.4. The van der Waals surface area contributed by atoms with Crippen LogP contribution in [0.4, 0.5) is 8.78 Å². The number of hydrogen-bond acceptors (Lipinski definition) is 3. The third kappa shape index (κ3) is 6.32. The Morgan fingerprint density at radius 2 is 2.12 bits per heavy atom. The van der Waals surface area contributed by atoms with Crippen molar-refractivity contribution >= 4 is 17.6 Å². The van der Waals surface area contributed by atoms with Crippen molar-refractivity contribution in [1.82, 2.24) is 15.5 Å². The fraction of sp³-hybridized carbons (Fsp3) is 0.588. The number of alkyl halides is 2. The van der Waals surface area contributed by atoms with Crippen molar-refractivity contribution in [2.45, 2.75) is 31.9 Å². The summed E-state index contributed by atoms with van der Waals surface area (Å²) in [7, 11) is 3.32. The highest BCUT2D eigenvalue weighted by Gasteiger charge is 2.22. The maximum Gasteiger partial charge on any atom is 0.251 e. The van der Waals surface area contributed by atoms with Crippen LogP contribution in [-0.2, 0) is 6.54 Å². The number of likely N-dealkylation sites (tertiary alicyclic amines) is 1. The van der Waals surface area contributed by atoms with Gasteiger partial charge in [0.2, 0.25) is 0 Å². The Morgan fingerprint density at radius 3 is 2.72 bits per heavy atom. The molecule has 0 bridgehead atoms. The van der Waals surface area contributed by atoms with Crippen molar-refractivity contribution in [1.29, 1.82) is 0 Å². The van der Waals surface area contributed by atoms with E-state index in [2.05, 4.69) is 15.6 Å². The molecule has 1 fully saturated rings. The number of halogens is 3. The van der Waals surface area contributed by atoms with Gasteiger partial charge in [0.15, 0.2) is 5.96 Å². The van der Waals surface area contributed by atoms with Crippen molar-refractivity contribution in [2.24, 2.45) is 4.99 Å². The molecule has 1 aromatic carbocycles. The lowest BCUT2D eigenvalue weighted by atomic mass is 10.1. The highest BCUT2D eigenvalue weighted by molar-refractivity contribution is 6.30. The molecule has 1 heterocycles. The monoisotopic (exact) mass is 374 g/mol. The second-order valence-electron chi connectivity index (χ2n) is 5.99. The Labute approximate surface area is 152 Å². The zero-order valence-corrected chi connectivity index (χ0v) is 15.3. The van der Waals surface area contributed by atoms with E-state index in [1.165, 1.54) is 0 Å². The third-order valence-corrected chi connectivity index (χ3v) is 4.48. The highest BCUT2D eigenvalue weighted by atomic mass is 35.5. The predicted octanol–water partition coefficient (Wildman–Crippen LogP) is 2.74. The number of guanidine groups is 1. The summed E-state index contributed by atoms with van der Waals surface area (Å²) in [6, 6.07) is 5.72. The summed E-state index contributed by atoms with van der Waals surface area (Å²) in [4.78, 5) is 6.03. The number of benzene rings is 1. The average molecular weight is 375 g/mol. The third-order valence-electron chi connectivity index (χ3n) is 4.24. The van der Waals surface area contributed by atoms with Crippen LogP contribution in [0.2, 0.25) is 5.02 Å². The van der Waals surface area contributed by atoms with Gasteiger partial charge in [-0.3, -0.25) is 9.89 Å². The van der Waals surface area contributed by atoms with Crippen LogP contribution in [0.3, 0.4) is 0 Å². The van der Waals surface area contributed by atoms with Crippen LogP contribution in [0.5, 0.6) is 5.75 Å². The van der Waals surface area contributed by atoms with E-state index in [1.807, 2.05) is 12.1 Å². The second-order valence-corrected chi connectivity index (χ2v) is 6.43. The summed E-state index contributed by atoms with van der Waals surface area (Å²) in [6.45, 7) is 1.74. The molecule has 8 heteroatoms. The Kier molecular flexibility index (Phi) is 7.71. The van der Waals surface area contributed by atoms with Crippen LogP contribution >= 0.6 is 11.6 Å². The minimum atomic E-state index is -2.27. The normalized spacial score (nSPS) is 17.0. The number of aliphatic imine (C=N–C) groups is 1. The van der Waals surface area contributed by atoms with Gasteiger partial charge in [-0.05, 0) is 25.0 Å². The zero-order chi connectivity index (χ0) is 18.2.